The van der Waals surface area contributed by atoms with Crippen molar-refractivity contribution in [3.05, 3.63) is 65.9 Å². The fraction of sp³-hybridized carbons (Fsp3) is 0.174. The smallest absolute Gasteiger partial charge is 0.267 e. The van der Waals surface area contributed by atoms with Crippen LogP contribution in [0.2, 0.25) is 0 Å². The topological polar surface area (TPSA) is 106 Å². The zero-order chi connectivity index (χ0) is 23.8. The van der Waals surface area contributed by atoms with E-state index in [0.717, 1.165) is 5.39 Å². The van der Waals surface area contributed by atoms with Gasteiger partial charge in [-0.2, -0.15) is 0 Å². The number of sulfonamides is 1. The van der Waals surface area contributed by atoms with E-state index in [1.807, 2.05) is 0 Å². The van der Waals surface area contributed by atoms with Crippen LogP contribution in [-0.2, 0) is 10.0 Å². The summed E-state index contributed by atoms with van der Waals surface area (Å²) >= 11 is 0. The summed E-state index contributed by atoms with van der Waals surface area (Å²) in [4.78, 5) is 12.7. The first kappa shape index (κ1) is 22.4. The number of benzene rings is 1. The third kappa shape index (κ3) is 4.29. The van der Waals surface area contributed by atoms with Crippen LogP contribution < -0.4 is 14.8 Å². The summed E-state index contributed by atoms with van der Waals surface area (Å²) in [6.07, 6.45) is 3.14. The molecule has 0 spiro atoms. The maximum Gasteiger partial charge on any atom is 0.267 e. The Hall–Kier alpha value is -3.79. The monoisotopic (exact) mass is 467 g/mol. The first-order valence-electron chi connectivity index (χ1n) is 10.0. The van der Waals surface area contributed by atoms with E-state index in [-0.39, 0.29) is 22.0 Å². The summed E-state index contributed by atoms with van der Waals surface area (Å²) in [5.74, 6) is -0.122. The molecular formula is C23H22FN5O3S. The molecule has 4 rings (SSSR count). The number of pyridine rings is 3. The molecule has 1 aromatic carbocycles. The molecule has 0 aliphatic heterocycles. The van der Waals surface area contributed by atoms with Crippen molar-refractivity contribution in [2.45, 2.75) is 18.7 Å². The zero-order valence-corrected chi connectivity index (χ0v) is 19.3. The van der Waals surface area contributed by atoms with Gasteiger partial charge in [-0.15, -0.1) is 0 Å². The van der Waals surface area contributed by atoms with E-state index < -0.39 is 15.8 Å². The minimum absolute atomic E-state index is 0.0762. The average molecular weight is 468 g/mol. The van der Waals surface area contributed by atoms with Crippen LogP contribution in [0.25, 0.3) is 22.0 Å². The number of nitrogens with one attached hydrogen (secondary N) is 2. The molecule has 0 atom stereocenters. The molecule has 0 unspecified atom stereocenters. The molecule has 0 fully saturated rings. The van der Waals surface area contributed by atoms with Gasteiger partial charge in [0.05, 0.1) is 18.3 Å². The van der Waals surface area contributed by atoms with Crippen molar-refractivity contribution in [1.82, 2.24) is 15.0 Å². The summed E-state index contributed by atoms with van der Waals surface area (Å²) in [6.45, 7) is 3.48. The van der Waals surface area contributed by atoms with Gasteiger partial charge in [0.15, 0.2) is 5.82 Å². The Morgan fingerprint density at radius 1 is 1.03 bits per heavy atom. The molecule has 8 nitrogen and oxygen atoms in total. The number of fused-ring (bicyclic) bond motifs is 1. The van der Waals surface area contributed by atoms with E-state index in [4.69, 9.17) is 4.74 Å². The third-order valence-corrected chi connectivity index (χ3v) is 6.48. The predicted molar refractivity (Wildman–Crippen MR) is 126 cm³/mol. The van der Waals surface area contributed by atoms with Crippen molar-refractivity contribution in [3.8, 4) is 17.0 Å². The number of methoxy groups -OCH3 is 1. The average Bonchev–Trinajstić information content (AvgIpc) is 2.79. The Kier molecular flexibility index (Phi) is 5.86. The quantitative estimate of drug-likeness (QED) is 0.435. The van der Waals surface area contributed by atoms with E-state index in [2.05, 4.69) is 25.0 Å². The van der Waals surface area contributed by atoms with Gasteiger partial charge in [-0.1, -0.05) is 12.1 Å². The van der Waals surface area contributed by atoms with Crippen molar-refractivity contribution in [1.29, 1.82) is 0 Å². The predicted octanol–water partition coefficient (Wildman–Crippen LogP) is 4.30. The van der Waals surface area contributed by atoms with Gasteiger partial charge in [0.25, 0.3) is 10.0 Å². The summed E-state index contributed by atoms with van der Waals surface area (Å²) < 4.78 is 49.0. The number of rotatable bonds is 6. The lowest BCUT2D eigenvalue weighted by Crippen LogP contribution is -2.16. The van der Waals surface area contributed by atoms with Crippen LogP contribution in [0, 0.1) is 19.7 Å². The van der Waals surface area contributed by atoms with Gasteiger partial charge in [-0.3, -0.25) is 9.71 Å². The number of halogens is 1. The van der Waals surface area contributed by atoms with Gasteiger partial charge in [-0.25, -0.2) is 22.8 Å². The highest BCUT2D eigenvalue weighted by Crippen LogP contribution is 2.33. The molecule has 0 saturated carbocycles. The lowest BCUT2D eigenvalue weighted by molar-refractivity contribution is 0.385. The highest BCUT2D eigenvalue weighted by atomic mass is 32.2. The molecule has 10 heteroatoms. The molecule has 0 saturated heterocycles. The molecule has 3 heterocycles. The van der Waals surface area contributed by atoms with E-state index in [9.17, 15) is 8.42 Å². The van der Waals surface area contributed by atoms with Crippen molar-refractivity contribution in [3.63, 3.8) is 0 Å². The number of hydrogen-bond donors (Lipinski definition) is 2. The van der Waals surface area contributed by atoms with Crippen molar-refractivity contribution >= 4 is 32.4 Å². The fourth-order valence-electron chi connectivity index (χ4n) is 3.47. The standard InChI is InChI=1S/C23H22FN5O3S/c1-13-8-20(23(32-4)27-11-13)33(30,31)29-18-7-5-6-16(22(18)24)17-9-15-12-26-21(25-3)10-19(15)28-14(17)2/h5-12,29H,1-4H3,(H,25,26). The van der Waals surface area contributed by atoms with Gasteiger partial charge in [-0.05, 0) is 37.6 Å². The molecule has 2 N–H and O–H groups in total. The number of aryl methyl sites for hydroxylation is 2. The SMILES string of the molecule is CNc1cc2nc(C)c(-c3cccc(NS(=O)(=O)c4cc(C)cnc4OC)c3F)cc2cn1. The Balaban J connectivity index is 1.78. The first-order valence-corrected chi connectivity index (χ1v) is 11.5. The van der Waals surface area contributed by atoms with Crippen LogP contribution in [0.1, 0.15) is 11.3 Å². The summed E-state index contributed by atoms with van der Waals surface area (Å²) in [7, 11) is -1.08. The van der Waals surface area contributed by atoms with Gasteiger partial charge >= 0.3 is 0 Å². The van der Waals surface area contributed by atoms with Gasteiger partial charge < -0.3 is 10.1 Å². The van der Waals surface area contributed by atoms with Crippen LogP contribution >= 0.6 is 0 Å². The summed E-state index contributed by atoms with van der Waals surface area (Å²) in [5, 5.41) is 3.69. The molecular weight excluding hydrogens is 445 g/mol. The van der Waals surface area contributed by atoms with Crippen LogP contribution in [0.4, 0.5) is 15.9 Å². The van der Waals surface area contributed by atoms with Crippen LogP contribution in [0.3, 0.4) is 0 Å². The Morgan fingerprint density at radius 2 is 1.82 bits per heavy atom. The fourth-order valence-corrected chi connectivity index (χ4v) is 4.73. The minimum atomic E-state index is -4.16. The van der Waals surface area contributed by atoms with Crippen molar-refractivity contribution in [2.24, 2.45) is 0 Å². The zero-order valence-electron chi connectivity index (χ0n) is 18.5. The van der Waals surface area contributed by atoms with Gasteiger partial charge in [0, 0.05) is 47.7 Å². The third-order valence-electron chi connectivity index (χ3n) is 5.12. The molecule has 0 aliphatic rings. The second kappa shape index (κ2) is 8.62. The molecule has 0 bridgehead atoms. The Bertz CT molecular complexity index is 1470. The van der Waals surface area contributed by atoms with Crippen molar-refractivity contribution < 1.29 is 17.5 Å². The molecule has 0 aliphatic carbocycles. The minimum Gasteiger partial charge on any atom is -0.480 e. The molecule has 33 heavy (non-hydrogen) atoms. The second-order valence-electron chi connectivity index (χ2n) is 7.43. The molecule has 0 radical (unpaired) electrons. The second-order valence-corrected chi connectivity index (χ2v) is 9.08. The number of anilines is 2. The van der Waals surface area contributed by atoms with E-state index in [1.54, 1.807) is 51.4 Å². The van der Waals surface area contributed by atoms with E-state index in [1.165, 1.54) is 25.4 Å². The molecule has 3 aromatic heterocycles. The maximum absolute atomic E-state index is 15.5. The summed E-state index contributed by atoms with van der Waals surface area (Å²) in [6, 6.07) is 9.52. The highest BCUT2D eigenvalue weighted by molar-refractivity contribution is 7.92. The molecule has 170 valence electrons. The lowest BCUT2D eigenvalue weighted by atomic mass is 10.0. The van der Waals surface area contributed by atoms with E-state index >= 15 is 4.39 Å². The molecule has 4 aromatic rings. The van der Waals surface area contributed by atoms with Gasteiger partial charge in [0.2, 0.25) is 5.88 Å². The highest BCUT2D eigenvalue weighted by Gasteiger charge is 2.24. The maximum atomic E-state index is 15.5. The van der Waals surface area contributed by atoms with Crippen LogP contribution in [0.5, 0.6) is 5.88 Å². The number of aromatic nitrogens is 3. The Morgan fingerprint density at radius 3 is 2.55 bits per heavy atom. The molecule has 0 amide bonds. The van der Waals surface area contributed by atoms with Crippen molar-refractivity contribution in [2.75, 3.05) is 24.2 Å². The normalized spacial score (nSPS) is 11.4. The number of nitrogens with zero attached hydrogens (tertiary/aromatic N) is 3. The largest absolute Gasteiger partial charge is 0.480 e. The first-order chi connectivity index (χ1) is 15.7. The van der Waals surface area contributed by atoms with Crippen LogP contribution in [0.15, 0.2) is 53.7 Å². The lowest BCUT2D eigenvalue weighted by Gasteiger charge is -2.14. The number of hydrogen-bond acceptors (Lipinski definition) is 7. The van der Waals surface area contributed by atoms with Gasteiger partial charge in [0.1, 0.15) is 10.7 Å². The van der Waals surface area contributed by atoms with Crippen LogP contribution in [-0.4, -0.2) is 37.5 Å². The number of ether oxygens (including phenoxy) is 1. The van der Waals surface area contributed by atoms with E-state index in [0.29, 0.717) is 28.2 Å². The Labute approximate surface area is 190 Å². The summed E-state index contributed by atoms with van der Waals surface area (Å²) in [5.41, 5.74) is 2.49.